The van der Waals surface area contributed by atoms with Crippen LogP contribution >= 0.6 is 23.2 Å². The van der Waals surface area contributed by atoms with Crippen LogP contribution in [0.4, 0.5) is 10.1 Å². The van der Waals surface area contributed by atoms with E-state index in [-0.39, 0.29) is 35.3 Å². The lowest BCUT2D eigenvalue weighted by Crippen LogP contribution is -2.48. The number of hydrogen-bond acceptors (Lipinski definition) is 5. The molecule has 0 saturated carbocycles. The number of carbonyl (C=O) groups excluding carboxylic acids is 2. The van der Waals surface area contributed by atoms with E-state index >= 15 is 0 Å². The minimum Gasteiger partial charge on any atom is -0.484 e. The lowest BCUT2D eigenvalue weighted by atomic mass is 10.1. The molecule has 8 nitrogen and oxygen atoms in total. The SMILES string of the molecule is C[C@H](C(=O)NCc1ccc(Cl)cc1)N(Cc1ccc(Cl)cc1)C(=O)COc1ccc(S(=O)(=O)Nc2ccc(F)cc2)cc1. The smallest absolute Gasteiger partial charge is 0.261 e. The quantitative estimate of drug-likeness (QED) is 0.196. The number of anilines is 1. The summed E-state index contributed by atoms with van der Waals surface area (Å²) in [6, 6.07) is 23.5. The van der Waals surface area contributed by atoms with Gasteiger partial charge in [-0.1, -0.05) is 47.5 Å². The topological polar surface area (TPSA) is 105 Å². The maximum atomic E-state index is 13.3. The number of nitrogens with zero attached hydrogens (tertiary/aromatic N) is 1. The van der Waals surface area contributed by atoms with Gasteiger partial charge >= 0.3 is 0 Å². The van der Waals surface area contributed by atoms with Crippen LogP contribution in [0.5, 0.6) is 5.75 Å². The fraction of sp³-hybridized carbons (Fsp3) is 0.161. The van der Waals surface area contributed by atoms with Gasteiger partial charge in [0.05, 0.1) is 4.90 Å². The van der Waals surface area contributed by atoms with Crippen molar-refractivity contribution < 1.29 is 27.1 Å². The molecule has 0 unspecified atom stereocenters. The first kappa shape index (κ1) is 31.8. The molecular weight excluding hydrogens is 616 g/mol. The van der Waals surface area contributed by atoms with E-state index in [9.17, 15) is 22.4 Å². The van der Waals surface area contributed by atoms with Crippen molar-refractivity contribution in [1.82, 2.24) is 10.2 Å². The van der Waals surface area contributed by atoms with Crippen molar-refractivity contribution in [2.24, 2.45) is 0 Å². The highest BCUT2D eigenvalue weighted by Gasteiger charge is 2.26. The van der Waals surface area contributed by atoms with Crippen LogP contribution in [0.15, 0.2) is 102 Å². The molecule has 224 valence electrons. The number of halogens is 3. The molecule has 0 aliphatic rings. The van der Waals surface area contributed by atoms with Crippen molar-refractivity contribution in [3.63, 3.8) is 0 Å². The van der Waals surface area contributed by atoms with E-state index in [1.165, 1.54) is 41.3 Å². The van der Waals surface area contributed by atoms with Crippen molar-refractivity contribution >= 4 is 50.7 Å². The summed E-state index contributed by atoms with van der Waals surface area (Å²) < 4.78 is 46.5. The van der Waals surface area contributed by atoms with E-state index in [2.05, 4.69) is 10.0 Å². The van der Waals surface area contributed by atoms with Gasteiger partial charge in [-0.25, -0.2) is 12.8 Å². The Labute approximate surface area is 259 Å². The zero-order valence-corrected chi connectivity index (χ0v) is 25.3. The largest absolute Gasteiger partial charge is 0.484 e. The zero-order valence-electron chi connectivity index (χ0n) is 23.0. The first-order valence-corrected chi connectivity index (χ1v) is 15.3. The van der Waals surface area contributed by atoms with E-state index in [0.29, 0.717) is 10.0 Å². The summed E-state index contributed by atoms with van der Waals surface area (Å²) in [5, 5.41) is 3.97. The highest BCUT2D eigenvalue weighted by atomic mass is 35.5. The first-order valence-electron chi connectivity index (χ1n) is 13.1. The molecule has 0 fully saturated rings. The maximum Gasteiger partial charge on any atom is 0.261 e. The Morgan fingerprint density at radius 2 is 1.40 bits per heavy atom. The molecule has 0 saturated heterocycles. The number of carbonyl (C=O) groups is 2. The van der Waals surface area contributed by atoms with Crippen LogP contribution in [-0.2, 0) is 32.7 Å². The van der Waals surface area contributed by atoms with Crippen LogP contribution in [0, 0.1) is 5.82 Å². The Hall–Kier alpha value is -4.12. The number of rotatable bonds is 12. The monoisotopic (exact) mass is 643 g/mol. The number of benzene rings is 4. The van der Waals surface area contributed by atoms with Gasteiger partial charge in [0.15, 0.2) is 6.61 Å². The van der Waals surface area contributed by atoms with Crippen molar-refractivity contribution in [2.45, 2.75) is 31.0 Å². The second-order valence-electron chi connectivity index (χ2n) is 9.54. The fourth-order valence-corrected chi connectivity index (χ4v) is 5.29. The van der Waals surface area contributed by atoms with Crippen LogP contribution in [0.3, 0.4) is 0 Å². The van der Waals surface area contributed by atoms with E-state index in [0.717, 1.165) is 23.3 Å². The molecule has 2 N–H and O–H groups in total. The van der Waals surface area contributed by atoms with Gasteiger partial charge < -0.3 is 15.0 Å². The average Bonchev–Trinajstić information content (AvgIpc) is 3.00. The third-order valence-electron chi connectivity index (χ3n) is 6.41. The van der Waals surface area contributed by atoms with Gasteiger partial charge in [-0.05, 0) is 90.8 Å². The minimum atomic E-state index is -3.94. The third-order valence-corrected chi connectivity index (χ3v) is 8.31. The third kappa shape index (κ3) is 9.18. The normalized spacial score (nSPS) is 11.8. The van der Waals surface area contributed by atoms with Gasteiger partial charge in [-0.3, -0.25) is 14.3 Å². The number of ether oxygens (including phenoxy) is 1. The maximum absolute atomic E-state index is 13.3. The molecule has 0 heterocycles. The van der Waals surface area contributed by atoms with E-state index in [4.69, 9.17) is 27.9 Å². The molecule has 1 atom stereocenters. The summed E-state index contributed by atoms with van der Waals surface area (Å²) in [4.78, 5) is 27.7. The minimum absolute atomic E-state index is 0.0501. The van der Waals surface area contributed by atoms with Crippen molar-refractivity contribution in [2.75, 3.05) is 11.3 Å². The molecule has 0 spiro atoms. The summed E-state index contributed by atoms with van der Waals surface area (Å²) in [5.41, 5.74) is 1.82. The first-order chi connectivity index (χ1) is 20.5. The second-order valence-corrected chi connectivity index (χ2v) is 12.1. The van der Waals surface area contributed by atoms with Gasteiger partial charge in [-0.15, -0.1) is 0 Å². The molecule has 0 aliphatic heterocycles. The molecular formula is C31H28Cl2FN3O5S. The molecule has 4 aromatic carbocycles. The highest BCUT2D eigenvalue weighted by molar-refractivity contribution is 7.92. The van der Waals surface area contributed by atoms with Crippen LogP contribution < -0.4 is 14.8 Å². The van der Waals surface area contributed by atoms with Gasteiger partial charge in [0.2, 0.25) is 5.91 Å². The predicted octanol–water partition coefficient (Wildman–Crippen LogP) is 6.05. The number of hydrogen-bond donors (Lipinski definition) is 2. The lowest BCUT2D eigenvalue weighted by Gasteiger charge is -2.29. The molecule has 0 aliphatic carbocycles. The Morgan fingerprint density at radius 3 is 1.98 bits per heavy atom. The van der Waals surface area contributed by atoms with Crippen LogP contribution in [0.25, 0.3) is 0 Å². The standard InChI is InChI=1S/C31H28Cl2FN3O5S/c1-21(31(39)35-18-22-2-6-24(32)7-3-22)37(19-23-4-8-25(33)9-5-23)30(38)20-42-28-14-16-29(17-15-28)43(40,41)36-27-12-10-26(34)11-13-27/h2-17,21,36H,18-20H2,1H3,(H,35,39)/t21-/m1/s1. The number of amides is 2. The molecule has 2 amide bonds. The highest BCUT2D eigenvalue weighted by Crippen LogP contribution is 2.20. The van der Waals surface area contributed by atoms with Crippen LogP contribution in [0.1, 0.15) is 18.1 Å². The van der Waals surface area contributed by atoms with Crippen molar-refractivity contribution in [3.8, 4) is 5.75 Å². The van der Waals surface area contributed by atoms with E-state index < -0.39 is 34.4 Å². The van der Waals surface area contributed by atoms with E-state index in [1.54, 1.807) is 55.5 Å². The van der Waals surface area contributed by atoms with Gasteiger partial charge in [-0.2, -0.15) is 0 Å². The summed E-state index contributed by atoms with van der Waals surface area (Å²) in [7, 11) is -3.94. The zero-order chi connectivity index (χ0) is 31.0. The predicted molar refractivity (Wildman–Crippen MR) is 164 cm³/mol. The second kappa shape index (κ2) is 14.4. The molecule has 43 heavy (non-hydrogen) atoms. The molecule has 0 aromatic heterocycles. The fourth-order valence-electron chi connectivity index (χ4n) is 3.98. The molecule has 0 bridgehead atoms. The lowest BCUT2D eigenvalue weighted by molar-refractivity contribution is -0.142. The van der Waals surface area contributed by atoms with Crippen molar-refractivity contribution in [3.05, 3.63) is 124 Å². The average molecular weight is 645 g/mol. The van der Waals surface area contributed by atoms with Gasteiger partial charge in [0.25, 0.3) is 15.9 Å². The van der Waals surface area contributed by atoms with Crippen LogP contribution in [-0.4, -0.2) is 37.8 Å². The summed E-state index contributed by atoms with van der Waals surface area (Å²) in [6.45, 7) is 1.60. The molecule has 0 radical (unpaired) electrons. The number of nitrogens with one attached hydrogen (secondary N) is 2. The Balaban J connectivity index is 1.41. The summed E-state index contributed by atoms with van der Waals surface area (Å²) >= 11 is 11.9. The number of sulfonamides is 1. The Morgan fingerprint density at radius 1 is 0.837 bits per heavy atom. The summed E-state index contributed by atoms with van der Waals surface area (Å²) in [6.07, 6.45) is 0. The van der Waals surface area contributed by atoms with E-state index in [1.807, 2.05) is 0 Å². The molecule has 4 rings (SSSR count). The van der Waals surface area contributed by atoms with Crippen LogP contribution in [0.2, 0.25) is 10.0 Å². The van der Waals surface area contributed by atoms with Gasteiger partial charge in [0.1, 0.15) is 17.6 Å². The Bertz CT molecular complexity index is 1650. The molecule has 12 heteroatoms. The molecule has 4 aromatic rings. The summed E-state index contributed by atoms with van der Waals surface area (Å²) in [5.74, 6) is -1.06. The Kier molecular flexibility index (Phi) is 10.6. The van der Waals surface area contributed by atoms with Gasteiger partial charge in [0, 0.05) is 28.8 Å². The van der Waals surface area contributed by atoms with Crippen molar-refractivity contribution in [1.29, 1.82) is 0 Å².